The molecule has 0 saturated heterocycles. The minimum Gasteiger partial charge on any atom is -0.393 e. The number of hydrogen-bond acceptors (Lipinski definition) is 3. The molecule has 0 aromatic carbocycles. The van der Waals surface area contributed by atoms with Crippen molar-refractivity contribution in [2.24, 2.45) is 5.92 Å². The molecule has 5 nitrogen and oxygen atoms in total. The van der Waals surface area contributed by atoms with Gasteiger partial charge in [0, 0.05) is 12.1 Å². The molecular weight excluding hydrogens is 228 g/mol. The van der Waals surface area contributed by atoms with Gasteiger partial charge in [-0.05, 0) is 39.5 Å². The predicted octanol–water partition coefficient (Wildman–Crippen LogP) is 0.370. The van der Waals surface area contributed by atoms with E-state index in [-0.39, 0.29) is 12.0 Å². The normalized spacial score (nSPS) is 27.2. The molecule has 0 aromatic rings. The quantitative estimate of drug-likeness (QED) is 0.674. The largest absolute Gasteiger partial charge is 0.393 e. The SMILES string of the molecule is CC(C)(C)NS(=O)(=O)NCC1CCCC1O. The lowest BCUT2D eigenvalue weighted by Crippen LogP contribution is -2.48. The highest BCUT2D eigenvalue weighted by molar-refractivity contribution is 7.87. The Morgan fingerprint density at radius 2 is 1.94 bits per heavy atom. The summed E-state index contributed by atoms with van der Waals surface area (Å²) in [7, 11) is -3.46. The summed E-state index contributed by atoms with van der Waals surface area (Å²) in [6.07, 6.45) is 2.27. The lowest BCUT2D eigenvalue weighted by Gasteiger charge is -2.22. The minimum absolute atomic E-state index is 0.0524. The van der Waals surface area contributed by atoms with Gasteiger partial charge in [0.25, 0.3) is 10.2 Å². The number of aliphatic hydroxyl groups excluding tert-OH is 1. The first-order valence-electron chi connectivity index (χ1n) is 5.66. The first-order chi connectivity index (χ1) is 7.20. The van der Waals surface area contributed by atoms with Gasteiger partial charge in [-0.25, -0.2) is 4.72 Å². The van der Waals surface area contributed by atoms with Crippen molar-refractivity contribution in [2.75, 3.05) is 6.54 Å². The topological polar surface area (TPSA) is 78.4 Å². The predicted molar refractivity (Wildman–Crippen MR) is 63.2 cm³/mol. The van der Waals surface area contributed by atoms with E-state index in [0.29, 0.717) is 6.54 Å². The molecule has 2 unspecified atom stereocenters. The van der Waals surface area contributed by atoms with Crippen LogP contribution < -0.4 is 9.44 Å². The molecular formula is C10H22N2O3S. The van der Waals surface area contributed by atoms with Gasteiger partial charge in [-0.1, -0.05) is 6.42 Å². The number of aliphatic hydroxyl groups is 1. The smallest absolute Gasteiger partial charge is 0.277 e. The molecule has 0 radical (unpaired) electrons. The van der Waals surface area contributed by atoms with Crippen LogP contribution in [0.2, 0.25) is 0 Å². The maximum atomic E-state index is 11.6. The summed E-state index contributed by atoms with van der Waals surface area (Å²) < 4.78 is 28.2. The lowest BCUT2D eigenvalue weighted by atomic mass is 10.1. The van der Waals surface area contributed by atoms with Gasteiger partial charge in [-0.2, -0.15) is 13.1 Å². The van der Waals surface area contributed by atoms with Crippen molar-refractivity contribution in [3.05, 3.63) is 0 Å². The number of rotatable bonds is 4. The molecule has 2 atom stereocenters. The Labute approximate surface area is 97.8 Å². The molecule has 6 heteroatoms. The molecule has 1 aliphatic rings. The van der Waals surface area contributed by atoms with Crippen molar-refractivity contribution in [1.29, 1.82) is 0 Å². The highest BCUT2D eigenvalue weighted by Crippen LogP contribution is 2.24. The second-order valence-electron chi connectivity index (χ2n) is 5.46. The zero-order valence-electron chi connectivity index (χ0n) is 10.2. The van der Waals surface area contributed by atoms with E-state index in [1.54, 1.807) is 20.8 Å². The molecule has 0 bridgehead atoms. The van der Waals surface area contributed by atoms with Crippen LogP contribution in [-0.4, -0.2) is 31.7 Å². The van der Waals surface area contributed by atoms with Gasteiger partial charge in [0.05, 0.1) is 6.10 Å². The van der Waals surface area contributed by atoms with Crippen molar-refractivity contribution in [1.82, 2.24) is 9.44 Å². The molecule has 0 spiro atoms. The lowest BCUT2D eigenvalue weighted by molar-refractivity contribution is 0.134. The number of hydrogen-bond donors (Lipinski definition) is 3. The molecule has 1 saturated carbocycles. The Morgan fingerprint density at radius 3 is 2.38 bits per heavy atom. The van der Waals surface area contributed by atoms with E-state index in [4.69, 9.17) is 0 Å². The fraction of sp³-hybridized carbons (Fsp3) is 1.00. The maximum absolute atomic E-state index is 11.6. The summed E-state index contributed by atoms with van der Waals surface area (Å²) in [6.45, 7) is 5.68. The van der Waals surface area contributed by atoms with E-state index >= 15 is 0 Å². The van der Waals surface area contributed by atoms with Gasteiger partial charge < -0.3 is 5.11 Å². The third-order valence-corrected chi connectivity index (χ3v) is 4.02. The molecule has 0 amide bonds. The molecule has 96 valence electrons. The van der Waals surface area contributed by atoms with Crippen LogP contribution in [0.4, 0.5) is 0 Å². The molecule has 1 fully saturated rings. The summed E-state index contributed by atoms with van der Waals surface area (Å²) in [5, 5.41) is 9.56. The van der Waals surface area contributed by atoms with Gasteiger partial charge in [0.15, 0.2) is 0 Å². The van der Waals surface area contributed by atoms with Crippen molar-refractivity contribution >= 4 is 10.2 Å². The molecule has 0 aliphatic heterocycles. The van der Waals surface area contributed by atoms with Gasteiger partial charge in [-0.15, -0.1) is 0 Å². The van der Waals surface area contributed by atoms with Crippen molar-refractivity contribution in [3.63, 3.8) is 0 Å². The Kier molecular flexibility index (Phi) is 4.34. The average Bonchev–Trinajstić information content (AvgIpc) is 2.43. The Bertz CT molecular complexity index is 321. The van der Waals surface area contributed by atoms with Gasteiger partial charge in [0.1, 0.15) is 0 Å². The first-order valence-corrected chi connectivity index (χ1v) is 7.14. The second-order valence-corrected chi connectivity index (χ2v) is 6.96. The third-order valence-electron chi connectivity index (χ3n) is 2.60. The van der Waals surface area contributed by atoms with E-state index in [0.717, 1.165) is 19.3 Å². The van der Waals surface area contributed by atoms with Crippen LogP contribution in [0.15, 0.2) is 0 Å². The van der Waals surface area contributed by atoms with Crippen molar-refractivity contribution in [3.8, 4) is 0 Å². The van der Waals surface area contributed by atoms with Gasteiger partial charge in [-0.3, -0.25) is 0 Å². The van der Waals surface area contributed by atoms with E-state index in [1.165, 1.54) is 0 Å². The standard InChI is InChI=1S/C10H22N2O3S/c1-10(2,3)12-16(14,15)11-7-8-5-4-6-9(8)13/h8-9,11-13H,4-7H2,1-3H3. The van der Waals surface area contributed by atoms with Crippen LogP contribution >= 0.6 is 0 Å². The van der Waals surface area contributed by atoms with Crippen LogP contribution in [0.3, 0.4) is 0 Å². The molecule has 1 rings (SSSR count). The van der Waals surface area contributed by atoms with Gasteiger partial charge >= 0.3 is 0 Å². The second kappa shape index (κ2) is 5.00. The van der Waals surface area contributed by atoms with Crippen LogP contribution in [0.1, 0.15) is 40.0 Å². The van der Waals surface area contributed by atoms with E-state index in [2.05, 4.69) is 9.44 Å². The van der Waals surface area contributed by atoms with Gasteiger partial charge in [0.2, 0.25) is 0 Å². The van der Waals surface area contributed by atoms with E-state index in [9.17, 15) is 13.5 Å². The van der Waals surface area contributed by atoms with E-state index in [1.807, 2.05) is 0 Å². The summed E-state index contributed by atoms with van der Waals surface area (Å²) >= 11 is 0. The number of nitrogens with one attached hydrogen (secondary N) is 2. The fourth-order valence-electron chi connectivity index (χ4n) is 1.91. The van der Waals surface area contributed by atoms with Crippen LogP contribution in [0.5, 0.6) is 0 Å². The highest BCUT2D eigenvalue weighted by atomic mass is 32.2. The summed E-state index contributed by atoms with van der Waals surface area (Å²) in [6, 6.07) is 0. The molecule has 3 N–H and O–H groups in total. The summed E-state index contributed by atoms with van der Waals surface area (Å²) in [5.74, 6) is 0.0524. The molecule has 16 heavy (non-hydrogen) atoms. The zero-order valence-corrected chi connectivity index (χ0v) is 11.0. The monoisotopic (exact) mass is 250 g/mol. The van der Waals surface area contributed by atoms with Crippen molar-refractivity contribution < 1.29 is 13.5 Å². The zero-order chi connectivity index (χ0) is 12.4. The van der Waals surface area contributed by atoms with Crippen LogP contribution in [0, 0.1) is 5.92 Å². The average molecular weight is 250 g/mol. The Morgan fingerprint density at radius 1 is 1.31 bits per heavy atom. The molecule has 0 heterocycles. The van der Waals surface area contributed by atoms with E-state index < -0.39 is 15.7 Å². The minimum atomic E-state index is -3.46. The summed E-state index contributed by atoms with van der Waals surface area (Å²) in [4.78, 5) is 0. The first kappa shape index (κ1) is 13.9. The fourth-order valence-corrected chi connectivity index (χ4v) is 3.22. The Hall–Kier alpha value is -0.170. The van der Waals surface area contributed by atoms with Crippen molar-refractivity contribution in [2.45, 2.75) is 51.7 Å². The third kappa shape index (κ3) is 4.78. The highest BCUT2D eigenvalue weighted by Gasteiger charge is 2.27. The molecule has 1 aliphatic carbocycles. The Balaban J connectivity index is 2.42. The van der Waals surface area contributed by atoms with Crippen LogP contribution in [-0.2, 0) is 10.2 Å². The maximum Gasteiger partial charge on any atom is 0.277 e. The van der Waals surface area contributed by atoms with Crippen LogP contribution in [0.25, 0.3) is 0 Å². The summed E-state index contributed by atoms with van der Waals surface area (Å²) in [5.41, 5.74) is -0.486. The molecule has 0 aromatic heterocycles.